The Morgan fingerprint density at radius 3 is 2.63 bits per heavy atom. The summed E-state index contributed by atoms with van der Waals surface area (Å²) in [7, 11) is 0. The van der Waals surface area contributed by atoms with E-state index < -0.39 is 0 Å². The number of rotatable bonds is 3. The highest BCUT2D eigenvalue weighted by Gasteiger charge is 2.04. The first-order valence-corrected chi connectivity index (χ1v) is 6.53. The van der Waals surface area contributed by atoms with Crippen molar-refractivity contribution in [1.82, 2.24) is 4.98 Å². The standard InChI is InChI=1S/C16H13ClN2/c17-14-8-4-7-13-15(9-10-18-16(13)14)19-11-12-5-2-1-3-6-12/h1-10H,11H2,(H,18,19). The van der Waals surface area contributed by atoms with Gasteiger partial charge in [0.15, 0.2) is 0 Å². The number of para-hydroxylation sites is 1. The van der Waals surface area contributed by atoms with Crippen molar-refractivity contribution in [1.29, 1.82) is 0 Å². The molecule has 1 aromatic heterocycles. The van der Waals surface area contributed by atoms with Crippen LogP contribution in [0.3, 0.4) is 0 Å². The molecule has 0 amide bonds. The maximum absolute atomic E-state index is 6.16. The Bertz CT molecular complexity index is 695. The summed E-state index contributed by atoms with van der Waals surface area (Å²) in [6, 6.07) is 18.1. The number of hydrogen-bond donors (Lipinski definition) is 1. The Morgan fingerprint density at radius 1 is 0.947 bits per heavy atom. The summed E-state index contributed by atoms with van der Waals surface area (Å²) >= 11 is 6.16. The molecule has 3 heteroatoms. The van der Waals surface area contributed by atoms with Crippen LogP contribution in [0.4, 0.5) is 5.69 Å². The van der Waals surface area contributed by atoms with Crippen LogP contribution in [0, 0.1) is 0 Å². The van der Waals surface area contributed by atoms with E-state index in [2.05, 4.69) is 22.4 Å². The van der Waals surface area contributed by atoms with Gasteiger partial charge in [-0.25, -0.2) is 0 Å². The Labute approximate surface area is 117 Å². The molecule has 2 nitrogen and oxygen atoms in total. The van der Waals surface area contributed by atoms with Crippen LogP contribution in [0.1, 0.15) is 5.56 Å². The molecular weight excluding hydrogens is 256 g/mol. The van der Waals surface area contributed by atoms with Crippen LogP contribution in [-0.2, 0) is 6.54 Å². The van der Waals surface area contributed by atoms with Crippen LogP contribution in [0.25, 0.3) is 10.9 Å². The molecule has 3 aromatic rings. The lowest BCUT2D eigenvalue weighted by Crippen LogP contribution is -2.00. The Morgan fingerprint density at radius 2 is 1.79 bits per heavy atom. The largest absolute Gasteiger partial charge is 0.380 e. The first-order valence-electron chi connectivity index (χ1n) is 6.15. The second-order valence-corrected chi connectivity index (χ2v) is 4.74. The van der Waals surface area contributed by atoms with E-state index in [0.29, 0.717) is 5.02 Å². The van der Waals surface area contributed by atoms with Crippen molar-refractivity contribution in [2.45, 2.75) is 6.54 Å². The highest BCUT2D eigenvalue weighted by Crippen LogP contribution is 2.27. The minimum Gasteiger partial charge on any atom is -0.380 e. The minimum absolute atomic E-state index is 0.681. The van der Waals surface area contributed by atoms with Crippen LogP contribution in [-0.4, -0.2) is 4.98 Å². The smallest absolute Gasteiger partial charge is 0.0908 e. The molecular formula is C16H13ClN2. The number of fused-ring (bicyclic) bond motifs is 1. The maximum atomic E-state index is 6.16. The topological polar surface area (TPSA) is 24.9 Å². The van der Waals surface area contributed by atoms with Gasteiger partial charge in [-0.15, -0.1) is 0 Å². The van der Waals surface area contributed by atoms with Gasteiger partial charge in [0.25, 0.3) is 0 Å². The molecule has 0 atom stereocenters. The van der Waals surface area contributed by atoms with Crippen molar-refractivity contribution in [2.75, 3.05) is 5.32 Å². The van der Waals surface area contributed by atoms with Gasteiger partial charge in [-0.05, 0) is 17.7 Å². The number of benzene rings is 2. The second-order valence-electron chi connectivity index (χ2n) is 4.33. The maximum Gasteiger partial charge on any atom is 0.0908 e. The third-order valence-corrected chi connectivity index (χ3v) is 3.35. The number of anilines is 1. The molecule has 0 spiro atoms. The van der Waals surface area contributed by atoms with Crippen LogP contribution < -0.4 is 5.32 Å². The van der Waals surface area contributed by atoms with Crippen molar-refractivity contribution in [2.24, 2.45) is 0 Å². The lowest BCUT2D eigenvalue weighted by Gasteiger charge is -2.10. The summed E-state index contributed by atoms with van der Waals surface area (Å²) in [6.07, 6.45) is 1.78. The first kappa shape index (κ1) is 12.0. The Kier molecular flexibility index (Phi) is 3.34. The van der Waals surface area contributed by atoms with E-state index in [1.165, 1.54) is 5.56 Å². The fourth-order valence-corrected chi connectivity index (χ4v) is 2.31. The van der Waals surface area contributed by atoms with Crippen LogP contribution >= 0.6 is 11.6 Å². The number of pyridine rings is 1. The third-order valence-electron chi connectivity index (χ3n) is 3.05. The summed E-state index contributed by atoms with van der Waals surface area (Å²) in [5.74, 6) is 0. The number of nitrogens with zero attached hydrogens (tertiary/aromatic N) is 1. The lowest BCUT2D eigenvalue weighted by atomic mass is 10.1. The molecule has 0 aliphatic rings. The summed E-state index contributed by atoms with van der Waals surface area (Å²) < 4.78 is 0. The van der Waals surface area contributed by atoms with Gasteiger partial charge in [0.2, 0.25) is 0 Å². The predicted molar refractivity (Wildman–Crippen MR) is 80.5 cm³/mol. The zero-order chi connectivity index (χ0) is 13.1. The summed E-state index contributed by atoms with van der Waals surface area (Å²) in [5, 5.41) is 5.16. The molecule has 2 aromatic carbocycles. The van der Waals surface area contributed by atoms with Crippen molar-refractivity contribution in [3.05, 3.63) is 71.4 Å². The average Bonchev–Trinajstić information content (AvgIpc) is 2.47. The van der Waals surface area contributed by atoms with Gasteiger partial charge in [0, 0.05) is 23.8 Å². The zero-order valence-corrected chi connectivity index (χ0v) is 11.1. The van der Waals surface area contributed by atoms with Crippen LogP contribution in [0.5, 0.6) is 0 Å². The fourth-order valence-electron chi connectivity index (χ4n) is 2.09. The third kappa shape index (κ3) is 2.54. The van der Waals surface area contributed by atoms with Gasteiger partial charge in [-0.3, -0.25) is 4.98 Å². The Balaban J connectivity index is 1.91. The highest BCUT2D eigenvalue weighted by molar-refractivity contribution is 6.35. The zero-order valence-electron chi connectivity index (χ0n) is 10.3. The van der Waals surface area contributed by atoms with Crippen LogP contribution in [0.2, 0.25) is 5.02 Å². The summed E-state index contributed by atoms with van der Waals surface area (Å²) in [5.41, 5.74) is 3.13. The van der Waals surface area contributed by atoms with E-state index in [4.69, 9.17) is 11.6 Å². The quantitative estimate of drug-likeness (QED) is 0.756. The molecule has 19 heavy (non-hydrogen) atoms. The number of hydrogen-bond acceptors (Lipinski definition) is 2. The first-order chi connectivity index (χ1) is 9.34. The van der Waals surface area contributed by atoms with E-state index in [9.17, 15) is 0 Å². The molecule has 0 radical (unpaired) electrons. The van der Waals surface area contributed by atoms with Gasteiger partial charge < -0.3 is 5.32 Å². The van der Waals surface area contributed by atoms with E-state index in [1.54, 1.807) is 6.20 Å². The SMILES string of the molecule is Clc1cccc2c(NCc3ccccc3)ccnc12. The molecule has 0 saturated heterocycles. The summed E-state index contributed by atoms with van der Waals surface area (Å²) in [6.45, 7) is 0.784. The van der Waals surface area contributed by atoms with E-state index in [0.717, 1.165) is 23.1 Å². The molecule has 94 valence electrons. The molecule has 0 saturated carbocycles. The molecule has 3 rings (SSSR count). The lowest BCUT2D eigenvalue weighted by molar-refractivity contribution is 1.15. The monoisotopic (exact) mass is 268 g/mol. The van der Waals surface area contributed by atoms with E-state index in [1.807, 2.05) is 42.5 Å². The average molecular weight is 269 g/mol. The van der Waals surface area contributed by atoms with Gasteiger partial charge >= 0.3 is 0 Å². The highest BCUT2D eigenvalue weighted by atomic mass is 35.5. The second kappa shape index (κ2) is 5.29. The summed E-state index contributed by atoms with van der Waals surface area (Å²) in [4.78, 5) is 4.32. The van der Waals surface area contributed by atoms with Gasteiger partial charge in [-0.1, -0.05) is 54.1 Å². The Hall–Kier alpha value is -2.06. The predicted octanol–water partition coefficient (Wildman–Crippen LogP) is 4.50. The minimum atomic E-state index is 0.681. The number of halogens is 1. The molecule has 0 fully saturated rings. The van der Waals surface area contributed by atoms with Crippen molar-refractivity contribution in [3.63, 3.8) is 0 Å². The molecule has 1 N–H and O–H groups in total. The normalized spacial score (nSPS) is 10.6. The van der Waals surface area contributed by atoms with Gasteiger partial charge in [0.05, 0.1) is 10.5 Å². The van der Waals surface area contributed by atoms with Gasteiger partial charge in [-0.2, -0.15) is 0 Å². The molecule has 1 heterocycles. The molecule has 0 aliphatic carbocycles. The van der Waals surface area contributed by atoms with Crippen LogP contribution in [0.15, 0.2) is 60.8 Å². The molecule has 0 bridgehead atoms. The number of aromatic nitrogens is 1. The van der Waals surface area contributed by atoms with E-state index in [-0.39, 0.29) is 0 Å². The van der Waals surface area contributed by atoms with E-state index >= 15 is 0 Å². The number of nitrogens with one attached hydrogen (secondary N) is 1. The molecule has 0 aliphatic heterocycles. The fraction of sp³-hybridized carbons (Fsp3) is 0.0625. The van der Waals surface area contributed by atoms with Gasteiger partial charge in [0.1, 0.15) is 0 Å². The van der Waals surface area contributed by atoms with Crippen molar-refractivity contribution >= 4 is 28.2 Å². The van der Waals surface area contributed by atoms with Crippen molar-refractivity contribution < 1.29 is 0 Å². The molecule has 0 unspecified atom stereocenters. The van der Waals surface area contributed by atoms with Crippen molar-refractivity contribution in [3.8, 4) is 0 Å².